The maximum Gasteiger partial charge on any atom is 0.328 e. The van der Waals surface area contributed by atoms with Crippen molar-refractivity contribution in [3.05, 3.63) is 24.4 Å². The number of carbonyl (C=O) groups excluding carboxylic acids is 3. The lowest BCUT2D eigenvalue weighted by molar-refractivity contribution is -0.131. The number of nitrogens with zero attached hydrogens (tertiary/aromatic N) is 3. The van der Waals surface area contributed by atoms with Gasteiger partial charge in [0.2, 0.25) is 6.04 Å². The first-order chi connectivity index (χ1) is 8.16. The average molecular weight is 233 g/mol. The van der Waals surface area contributed by atoms with E-state index in [2.05, 4.69) is 15.2 Å². The predicted molar refractivity (Wildman–Crippen MR) is 54.2 cm³/mol. The molecule has 0 bridgehead atoms. The molecule has 0 saturated carbocycles. The average Bonchev–Trinajstić information content (AvgIpc) is 2.29. The molecule has 0 spiro atoms. The first-order valence-electron chi connectivity index (χ1n) is 4.64. The van der Waals surface area contributed by atoms with Crippen LogP contribution in [0, 0.1) is 0 Å². The van der Waals surface area contributed by atoms with Crippen LogP contribution in [0.25, 0.3) is 0 Å². The van der Waals surface area contributed by atoms with Crippen LogP contribution >= 0.6 is 0 Å². The van der Waals surface area contributed by atoms with E-state index in [1.165, 1.54) is 6.20 Å². The second-order valence-electron chi connectivity index (χ2n) is 3.11. The molecular weight excluding hydrogens is 226 g/mol. The molecule has 4 amide bonds. The smallest absolute Gasteiger partial charge is 0.275 e. The van der Waals surface area contributed by atoms with Gasteiger partial charge in [0.25, 0.3) is 11.8 Å². The van der Waals surface area contributed by atoms with E-state index in [4.69, 9.17) is 0 Å². The van der Waals surface area contributed by atoms with Gasteiger partial charge in [0, 0.05) is 6.20 Å². The largest absolute Gasteiger partial charge is 0.328 e. The number of imide groups is 2. The summed E-state index contributed by atoms with van der Waals surface area (Å²) in [5, 5.41) is 11.0. The van der Waals surface area contributed by atoms with Crippen LogP contribution in [0.15, 0.2) is 34.6 Å². The molecule has 1 aliphatic heterocycles. The van der Waals surface area contributed by atoms with E-state index in [0.717, 1.165) is 0 Å². The van der Waals surface area contributed by atoms with E-state index in [0.29, 0.717) is 0 Å². The van der Waals surface area contributed by atoms with Gasteiger partial charge in [-0.2, -0.15) is 5.11 Å². The molecule has 0 aliphatic carbocycles. The number of hydrogen-bond acceptors (Lipinski definition) is 6. The van der Waals surface area contributed by atoms with Crippen LogP contribution in [0.4, 0.5) is 10.6 Å². The third-order valence-corrected chi connectivity index (χ3v) is 1.90. The maximum absolute atomic E-state index is 11.3. The van der Waals surface area contributed by atoms with Gasteiger partial charge in [-0.25, -0.2) is 9.78 Å². The second-order valence-corrected chi connectivity index (χ2v) is 3.11. The van der Waals surface area contributed by atoms with E-state index in [9.17, 15) is 14.4 Å². The number of nitrogens with one attached hydrogen (secondary N) is 2. The molecule has 1 aromatic heterocycles. The SMILES string of the molecule is O=C1NC(=O)C(N=Nc2ccccn2)C(=O)N1. The maximum atomic E-state index is 11.3. The number of hydrogen-bond donors (Lipinski definition) is 2. The van der Waals surface area contributed by atoms with E-state index in [1.54, 1.807) is 18.2 Å². The Morgan fingerprint density at radius 2 is 1.82 bits per heavy atom. The van der Waals surface area contributed by atoms with Crippen LogP contribution in [0.5, 0.6) is 0 Å². The number of barbiturate groups is 1. The van der Waals surface area contributed by atoms with Crippen molar-refractivity contribution < 1.29 is 14.4 Å². The Labute approximate surface area is 95.1 Å². The molecule has 0 aromatic carbocycles. The minimum atomic E-state index is -1.37. The summed E-state index contributed by atoms with van der Waals surface area (Å²) in [6.45, 7) is 0. The van der Waals surface area contributed by atoms with Gasteiger partial charge in [-0.15, -0.1) is 5.11 Å². The molecule has 1 fully saturated rings. The highest BCUT2D eigenvalue weighted by Crippen LogP contribution is 2.08. The summed E-state index contributed by atoms with van der Waals surface area (Å²) in [5.41, 5.74) is 0. The first kappa shape index (κ1) is 10.9. The van der Waals surface area contributed by atoms with Crippen molar-refractivity contribution in [2.75, 3.05) is 0 Å². The van der Waals surface area contributed by atoms with Gasteiger partial charge in [-0.05, 0) is 12.1 Å². The molecule has 0 unspecified atom stereocenters. The summed E-state index contributed by atoms with van der Waals surface area (Å²) in [6, 6.07) is 2.72. The number of azo groups is 1. The second kappa shape index (κ2) is 4.47. The molecule has 86 valence electrons. The Bertz CT molecular complexity index is 479. The standard InChI is InChI=1S/C9H7N5O3/c15-7-6(8(16)12-9(17)11-7)14-13-5-3-1-2-4-10-5/h1-4,6H,(H2,11,12,15,16,17). The van der Waals surface area contributed by atoms with E-state index in [1.807, 2.05) is 10.6 Å². The summed E-state index contributed by atoms with van der Waals surface area (Å²) >= 11 is 0. The summed E-state index contributed by atoms with van der Waals surface area (Å²) < 4.78 is 0. The zero-order valence-electron chi connectivity index (χ0n) is 8.45. The highest BCUT2D eigenvalue weighted by atomic mass is 16.2. The zero-order chi connectivity index (χ0) is 12.3. The van der Waals surface area contributed by atoms with Crippen molar-refractivity contribution in [1.29, 1.82) is 0 Å². The summed E-state index contributed by atoms with van der Waals surface area (Å²) in [6.07, 6.45) is 1.50. The third-order valence-electron chi connectivity index (χ3n) is 1.90. The Hall–Kier alpha value is -2.64. The van der Waals surface area contributed by atoms with Crippen LogP contribution < -0.4 is 10.6 Å². The van der Waals surface area contributed by atoms with Gasteiger partial charge < -0.3 is 0 Å². The number of pyridine rings is 1. The number of carbonyl (C=O) groups is 3. The molecule has 1 aromatic rings. The predicted octanol–water partition coefficient (Wildman–Crippen LogP) is -0.100. The van der Waals surface area contributed by atoms with Gasteiger partial charge in [-0.3, -0.25) is 20.2 Å². The molecule has 0 atom stereocenters. The van der Waals surface area contributed by atoms with E-state index < -0.39 is 23.9 Å². The van der Waals surface area contributed by atoms with Crippen molar-refractivity contribution in [2.45, 2.75) is 6.04 Å². The monoisotopic (exact) mass is 233 g/mol. The molecule has 2 heterocycles. The van der Waals surface area contributed by atoms with Crippen LogP contribution in [0.1, 0.15) is 0 Å². The Morgan fingerprint density at radius 1 is 1.12 bits per heavy atom. The molecule has 2 rings (SSSR count). The Balaban J connectivity index is 2.13. The van der Waals surface area contributed by atoms with Crippen LogP contribution in [0.2, 0.25) is 0 Å². The highest BCUT2D eigenvalue weighted by Gasteiger charge is 2.34. The molecular formula is C9H7N5O3. The molecule has 1 saturated heterocycles. The van der Waals surface area contributed by atoms with Crippen molar-refractivity contribution in [3.8, 4) is 0 Å². The molecule has 17 heavy (non-hydrogen) atoms. The molecule has 1 aliphatic rings. The quantitative estimate of drug-likeness (QED) is 0.548. The fraction of sp³-hybridized carbons (Fsp3) is 0.111. The van der Waals surface area contributed by atoms with E-state index >= 15 is 0 Å². The summed E-state index contributed by atoms with van der Waals surface area (Å²) in [4.78, 5) is 37.1. The minimum Gasteiger partial charge on any atom is -0.275 e. The minimum absolute atomic E-state index is 0.269. The van der Waals surface area contributed by atoms with Crippen molar-refractivity contribution in [1.82, 2.24) is 15.6 Å². The van der Waals surface area contributed by atoms with Crippen molar-refractivity contribution in [2.24, 2.45) is 10.2 Å². The highest BCUT2D eigenvalue weighted by molar-refractivity contribution is 6.18. The molecule has 2 N–H and O–H groups in total. The van der Waals surface area contributed by atoms with Crippen LogP contribution in [-0.2, 0) is 9.59 Å². The normalized spacial score (nSPS) is 17.1. The zero-order valence-corrected chi connectivity index (χ0v) is 8.45. The Kier molecular flexibility index (Phi) is 2.86. The molecule has 0 radical (unpaired) electrons. The fourth-order valence-electron chi connectivity index (χ4n) is 1.15. The lowest BCUT2D eigenvalue weighted by Crippen LogP contribution is -2.57. The number of rotatable bonds is 2. The van der Waals surface area contributed by atoms with Crippen LogP contribution in [-0.4, -0.2) is 28.9 Å². The van der Waals surface area contributed by atoms with Crippen molar-refractivity contribution >= 4 is 23.7 Å². The van der Waals surface area contributed by atoms with Crippen LogP contribution in [0.3, 0.4) is 0 Å². The number of urea groups is 1. The number of aromatic nitrogens is 1. The van der Waals surface area contributed by atoms with Gasteiger partial charge in [-0.1, -0.05) is 6.07 Å². The topological polar surface area (TPSA) is 113 Å². The van der Waals surface area contributed by atoms with Gasteiger partial charge in [0.05, 0.1) is 0 Å². The lowest BCUT2D eigenvalue weighted by atomic mass is 10.2. The van der Waals surface area contributed by atoms with Gasteiger partial charge in [0.1, 0.15) is 0 Å². The lowest BCUT2D eigenvalue weighted by Gasteiger charge is -2.15. The number of amides is 4. The molecule has 8 heteroatoms. The summed E-state index contributed by atoms with van der Waals surface area (Å²) in [5.74, 6) is -1.35. The summed E-state index contributed by atoms with van der Waals surface area (Å²) in [7, 11) is 0. The fourth-order valence-corrected chi connectivity index (χ4v) is 1.15. The van der Waals surface area contributed by atoms with E-state index in [-0.39, 0.29) is 5.82 Å². The Morgan fingerprint density at radius 3 is 2.41 bits per heavy atom. The van der Waals surface area contributed by atoms with Crippen molar-refractivity contribution in [3.63, 3.8) is 0 Å². The molecule has 8 nitrogen and oxygen atoms in total. The van der Waals surface area contributed by atoms with Gasteiger partial charge >= 0.3 is 6.03 Å². The van der Waals surface area contributed by atoms with Gasteiger partial charge in [0.15, 0.2) is 5.82 Å². The third kappa shape index (κ3) is 2.48. The first-order valence-corrected chi connectivity index (χ1v) is 4.64.